The van der Waals surface area contributed by atoms with Crippen molar-refractivity contribution in [2.45, 2.75) is 6.54 Å². The molecular weight excluding hydrogens is 340 g/mol. The number of carboxylic acid groups (broad SMARTS) is 1. The van der Waals surface area contributed by atoms with Crippen molar-refractivity contribution in [1.29, 1.82) is 0 Å². The van der Waals surface area contributed by atoms with Gasteiger partial charge in [0, 0.05) is 13.1 Å². The first-order chi connectivity index (χ1) is 12.5. The number of nitrogens with zero attached hydrogens (tertiary/aromatic N) is 2. The summed E-state index contributed by atoms with van der Waals surface area (Å²) in [7, 11) is 0. The van der Waals surface area contributed by atoms with Gasteiger partial charge < -0.3 is 9.52 Å². The number of carbonyl (C=O) groups is 3. The molecule has 0 radical (unpaired) electrons. The Morgan fingerprint density at radius 3 is 2.23 bits per heavy atom. The SMILES string of the molecule is O=C(O)c1ccc2c(c1)oc(=O)n2CCN1C(=O)c2ccccc2C1=O. The summed E-state index contributed by atoms with van der Waals surface area (Å²) in [4.78, 5) is 48.9. The molecule has 8 heteroatoms. The molecule has 0 aliphatic carbocycles. The molecule has 8 nitrogen and oxygen atoms in total. The molecule has 2 heterocycles. The van der Waals surface area contributed by atoms with Gasteiger partial charge >= 0.3 is 11.7 Å². The summed E-state index contributed by atoms with van der Waals surface area (Å²) < 4.78 is 6.34. The lowest BCUT2D eigenvalue weighted by atomic mass is 10.1. The Morgan fingerprint density at radius 2 is 1.62 bits per heavy atom. The predicted octanol–water partition coefficient (Wildman–Crippen LogP) is 1.59. The van der Waals surface area contributed by atoms with E-state index in [1.54, 1.807) is 24.3 Å². The average Bonchev–Trinajstić information content (AvgIpc) is 3.07. The molecule has 0 bridgehead atoms. The van der Waals surface area contributed by atoms with Crippen LogP contribution >= 0.6 is 0 Å². The van der Waals surface area contributed by atoms with Gasteiger partial charge in [0.1, 0.15) is 0 Å². The Kier molecular flexibility index (Phi) is 3.47. The molecule has 1 aromatic heterocycles. The second-order valence-corrected chi connectivity index (χ2v) is 5.81. The second kappa shape index (κ2) is 5.69. The number of aromatic nitrogens is 1. The molecule has 0 atom stereocenters. The third-order valence-electron chi connectivity index (χ3n) is 4.34. The zero-order valence-corrected chi connectivity index (χ0v) is 13.3. The van der Waals surface area contributed by atoms with Crippen molar-refractivity contribution in [2.75, 3.05) is 6.54 Å². The highest BCUT2D eigenvalue weighted by Crippen LogP contribution is 2.22. The lowest BCUT2D eigenvalue weighted by Crippen LogP contribution is -2.34. The second-order valence-electron chi connectivity index (χ2n) is 5.81. The van der Waals surface area contributed by atoms with E-state index in [1.165, 1.54) is 22.8 Å². The van der Waals surface area contributed by atoms with Crippen LogP contribution in [-0.4, -0.2) is 38.9 Å². The van der Waals surface area contributed by atoms with Crippen LogP contribution in [0.5, 0.6) is 0 Å². The summed E-state index contributed by atoms with van der Waals surface area (Å²) in [5.74, 6) is -2.62. The number of hydrogen-bond acceptors (Lipinski definition) is 5. The number of fused-ring (bicyclic) bond motifs is 2. The van der Waals surface area contributed by atoms with Gasteiger partial charge in [-0.25, -0.2) is 9.59 Å². The van der Waals surface area contributed by atoms with Crippen molar-refractivity contribution < 1.29 is 23.9 Å². The van der Waals surface area contributed by atoms with Crippen LogP contribution < -0.4 is 5.76 Å². The quantitative estimate of drug-likeness (QED) is 0.714. The molecule has 0 spiro atoms. The number of oxazole rings is 1. The lowest BCUT2D eigenvalue weighted by molar-refractivity contribution is 0.0645. The molecule has 1 aliphatic rings. The molecule has 26 heavy (non-hydrogen) atoms. The summed E-state index contributed by atoms with van der Waals surface area (Å²) in [6.07, 6.45) is 0. The van der Waals surface area contributed by atoms with Crippen molar-refractivity contribution in [3.63, 3.8) is 0 Å². The average molecular weight is 352 g/mol. The van der Waals surface area contributed by atoms with Crippen molar-refractivity contribution in [3.8, 4) is 0 Å². The van der Waals surface area contributed by atoms with E-state index in [-0.39, 0.29) is 24.2 Å². The van der Waals surface area contributed by atoms with E-state index in [2.05, 4.69) is 0 Å². The van der Waals surface area contributed by atoms with Crippen LogP contribution in [0.4, 0.5) is 0 Å². The standard InChI is InChI=1S/C18H12N2O6/c21-15-11-3-1-2-4-12(11)16(22)20(15)8-7-19-13-6-5-10(17(23)24)9-14(13)26-18(19)25/h1-6,9H,7-8H2,(H,23,24). The first kappa shape index (κ1) is 15.8. The zero-order chi connectivity index (χ0) is 18.4. The Labute approximate surface area is 145 Å². The minimum absolute atomic E-state index is 0.00116. The third-order valence-corrected chi connectivity index (χ3v) is 4.34. The molecule has 0 fully saturated rings. The van der Waals surface area contributed by atoms with Crippen molar-refractivity contribution in [3.05, 3.63) is 69.7 Å². The number of carbonyl (C=O) groups excluding carboxylic acids is 2. The van der Waals surface area contributed by atoms with Crippen molar-refractivity contribution >= 4 is 28.9 Å². The van der Waals surface area contributed by atoms with E-state index in [1.807, 2.05) is 0 Å². The first-order valence-electron chi connectivity index (χ1n) is 7.79. The lowest BCUT2D eigenvalue weighted by Gasteiger charge is -2.13. The highest BCUT2D eigenvalue weighted by molar-refractivity contribution is 6.21. The van der Waals surface area contributed by atoms with Crippen molar-refractivity contribution in [2.24, 2.45) is 0 Å². The number of rotatable bonds is 4. The molecule has 4 rings (SSSR count). The molecule has 0 saturated heterocycles. The van der Waals surface area contributed by atoms with Crippen LogP contribution in [0, 0.1) is 0 Å². The highest BCUT2D eigenvalue weighted by Gasteiger charge is 2.34. The van der Waals surface area contributed by atoms with Gasteiger partial charge in [0.2, 0.25) is 0 Å². The fourth-order valence-electron chi connectivity index (χ4n) is 3.05. The normalized spacial score (nSPS) is 13.5. The summed E-state index contributed by atoms with van der Waals surface area (Å²) >= 11 is 0. The topological polar surface area (TPSA) is 110 Å². The van der Waals surface area contributed by atoms with Crippen LogP contribution in [-0.2, 0) is 6.54 Å². The van der Waals surface area contributed by atoms with Gasteiger partial charge in [-0.3, -0.25) is 19.1 Å². The van der Waals surface area contributed by atoms with Gasteiger partial charge in [-0.2, -0.15) is 0 Å². The maximum Gasteiger partial charge on any atom is 0.420 e. The molecule has 0 unspecified atom stereocenters. The molecule has 0 saturated carbocycles. The summed E-state index contributed by atoms with van der Waals surface area (Å²) in [6.45, 7) is 0.0469. The third kappa shape index (κ3) is 2.31. The molecule has 1 N–H and O–H groups in total. The highest BCUT2D eigenvalue weighted by atomic mass is 16.4. The van der Waals surface area contributed by atoms with Crippen LogP contribution in [0.3, 0.4) is 0 Å². The minimum Gasteiger partial charge on any atom is -0.478 e. The Bertz CT molecular complexity index is 1110. The Hall–Kier alpha value is -3.68. The molecule has 2 amide bonds. The molecule has 3 aromatic rings. The number of amides is 2. The number of carboxylic acids is 1. The predicted molar refractivity (Wildman–Crippen MR) is 89.2 cm³/mol. The number of hydrogen-bond donors (Lipinski definition) is 1. The van der Waals surface area contributed by atoms with E-state index >= 15 is 0 Å². The van der Waals surface area contributed by atoms with E-state index < -0.39 is 23.5 Å². The summed E-state index contributed by atoms with van der Waals surface area (Å²) in [5.41, 5.74) is 1.22. The van der Waals surface area contributed by atoms with Gasteiger partial charge in [-0.05, 0) is 30.3 Å². The zero-order valence-electron chi connectivity index (χ0n) is 13.3. The van der Waals surface area contributed by atoms with E-state index in [0.717, 1.165) is 4.90 Å². The maximum absolute atomic E-state index is 12.4. The van der Waals surface area contributed by atoms with Gasteiger partial charge in [0.05, 0.1) is 22.2 Å². The monoisotopic (exact) mass is 352 g/mol. The van der Waals surface area contributed by atoms with Crippen LogP contribution in [0.15, 0.2) is 51.7 Å². The van der Waals surface area contributed by atoms with E-state index in [0.29, 0.717) is 16.6 Å². The number of benzene rings is 2. The largest absolute Gasteiger partial charge is 0.478 e. The van der Waals surface area contributed by atoms with E-state index in [4.69, 9.17) is 9.52 Å². The molecular formula is C18H12N2O6. The number of aromatic carboxylic acids is 1. The van der Waals surface area contributed by atoms with Gasteiger partial charge in [-0.1, -0.05) is 12.1 Å². The fraction of sp³-hybridized carbons (Fsp3) is 0.111. The fourth-order valence-corrected chi connectivity index (χ4v) is 3.05. The molecule has 130 valence electrons. The Balaban J connectivity index is 1.62. The van der Waals surface area contributed by atoms with Crippen molar-refractivity contribution in [1.82, 2.24) is 9.47 Å². The molecule has 2 aromatic carbocycles. The summed E-state index contributed by atoms with van der Waals surface area (Å²) in [6, 6.07) is 10.6. The minimum atomic E-state index is -1.13. The van der Waals surface area contributed by atoms with Gasteiger partial charge in [-0.15, -0.1) is 0 Å². The maximum atomic E-state index is 12.4. The van der Waals surface area contributed by atoms with Crippen LogP contribution in [0.2, 0.25) is 0 Å². The van der Waals surface area contributed by atoms with Gasteiger partial charge in [0.15, 0.2) is 5.58 Å². The molecule has 1 aliphatic heterocycles. The van der Waals surface area contributed by atoms with Crippen LogP contribution in [0.25, 0.3) is 11.1 Å². The summed E-state index contributed by atoms with van der Waals surface area (Å²) in [5, 5.41) is 9.00. The number of imide groups is 1. The first-order valence-corrected chi connectivity index (χ1v) is 7.79. The van der Waals surface area contributed by atoms with E-state index in [9.17, 15) is 19.2 Å². The Morgan fingerprint density at radius 1 is 0.962 bits per heavy atom. The van der Waals surface area contributed by atoms with Crippen LogP contribution in [0.1, 0.15) is 31.1 Å². The smallest absolute Gasteiger partial charge is 0.420 e. The van der Waals surface area contributed by atoms with Gasteiger partial charge in [0.25, 0.3) is 11.8 Å².